The van der Waals surface area contributed by atoms with Gasteiger partial charge in [0.15, 0.2) is 5.82 Å². The van der Waals surface area contributed by atoms with Gasteiger partial charge in [-0.05, 0) is 32.1 Å². The molecule has 0 saturated carbocycles. The van der Waals surface area contributed by atoms with Crippen LogP contribution in [0.5, 0.6) is 0 Å². The molecule has 1 heterocycles. The van der Waals surface area contributed by atoms with Gasteiger partial charge in [-0.1, -0.05) is 30.6 Å². The lowest BCUT2D eigenvalue weighted by Crippen LogP contribution is -2.25. The van der Waals surface area contributed by atoms with Crippen LogP contribution < -0.4 is 5.73 Å². The van der Waals surface area contributed by atoms with E-state index in [-0.39, 0.29) is 0 Å². The molecule has 0 spiro atoms. The summed E-state index contributed by atoms with van der Waals surface area (Å²) in [5.74, 6) is 1.23. The number of benzene rings is 1. The lowest BCUT2D eigenvalue weighted by Gasteiger charge is -2.16. The van der Waals surface area contributed by atoms with Crippen molar-refractivity contribution in [2.75, 3.05) is 25.4 Å². The molecule has 108 valence electrons. The maximum atomic E-state index is 5.96. The van der Waals surface area contributed by atoms with Crippen molar-refractivity contribution in [3.8, 4) is 11.5 Å². The minimum absolute atomic E-state index is 0.501. The van der Waals surface area contributed by atoms with Crippen LogP contribution in [0.25, 0.3) is 11.5 Å². The number of nitrogens with zero attached hydrogens (tertiary/aromatic N) is 3. The van der Waals surface area contributed by atoms with E-state index in [2.05, 4.69) is 28.9 Å². The molecule has 0 radical (unpaired) electrons. The molecule has 2 aromatic rings. The van der Waals surface area contributed by atoms with Crippen LogP contribution in [0.4, 0.5) is 5.69 Å². The van der Waals surface area contributed by atoms with Crippen molar-refractivity contribution in [3.05, 3.63) is 29.6 Å². The van der Waals surface area contributed by atoms with Gasteiger partial charge in [-0.15, -0.1) is 0 Å². The SMILES string of the molecule is CCN(CC)CCc1noc(-c2cc(C)ccc2N)n1. The van der Waals surface area contributed by atoms with Crippen molar-refractivity contribution in [3.63, 3.8) is 0 Å². The van der Waals surface area contributed by atoms with E-state index in [9.17, 15) is 0 Å². The fraction of sp³-hybridized carbons (Fsp3) is 0.467. The number of rotatable bonds is 6. The predicted octanol–water partition coefficient (Wildman–Crippen LogP) is 2.51. The zero-order valence-corrected chi connectivity index (χ0v) is 12.4. The number of hydrogen-bond acceptors (Lipinski definition) is 5. The van der Waals surface area contributed by atoms with Gasteiger partial charge in [0, 0.05) is 18.7 Å². The lowest BCUT2D eigenvalue weighted by atomic mass is 10.1. The Morgan fingerprint density at radius 3 is 2.70 bits per heavy atom. The molecular weight excluding hydrogens is 252 g/mol. The molecule has 0 unspecified atom stereocenters. The molecular formula is C15H22N4O. The van der Waals surface area contributed by atoms with Crippen LogP contribution >= 0.6 is 0 Å². The van der Waals surface area contributed by atoms with E-state index in [1.807, 2.05) is 25.1 Å². The highest BCUT2D eigenvalue weighted by atomic mass is 16.5. The number of hydrogen-bond donors (Lipinski definition) is 1. The molecule has 0 aliphatic rings. The van der Waals surface area contributed by atoms with E-state index >= 15 is 0 Å². The third-order valence-corrected chi connectivity index (χ3v) is 3.45. The normalized spacial score (nSPS) is 11.2. The summed E-state index contributed by atoms with van der Waals surface area (Å²) in [6.07, 6.45) is 0.789. The monoisotopic (exact) mass is 274 g/mol. The van der Waals surface area contributed by atoms with Crippen molar-refractivity contribution in [2.24, 2.45) is 0 Å². The smallest absolute Gasteiger partial charge is 0.260 e. The average molecular weight is 274 g/mol. The maximum absolute atomic E-state index is 5.96. The van der Waals surface area contributed by atoms with Crippen molar-refractivity contribution in [1.82, 2.24) is 15.0 Å². The molecule has 0 amide bonds. The number of aromatic nitrogens is 2. The highest BCUT2D eigenvalue weighted by molar-refractivity contribution is 5.70. The molecule has 5 heteroatoms. The van der Waals surface area contributed by atoms with Crippen LogP contribution in [-0.4, -0.2) is 34.7 Å². The summed E-state index contributed by atoms with van der Waals surface area (Å²) >= 11 is 0. The van der Waals surface area contributed by atoms with Gasteiger partial charge in [0.05, 0.1) is 5.56 Å². The lowest BCUT2D eigenvalue weighted by molar-refractivity contribution is 0.303. The molecule has 0 atom stereocenters. The van der Waals surface area contributed by atoms with Gasteiger partial charge in [0.25, 0.3) is 5.89 Å². The van der Waals surface area contributed by atoms with Gasteiger partial charge in [-0.2, -0.15) is 4.98 Å². The van der Waals surface area contributed by atoms with Crippen LogP contribution in [-0.2, 0) is 6.42 Å². The molecule has 2 N–H and O–H groups in total. The van der Waals surface area contributed by atoms with E-state index in [1.54, 1.807) is 0 Å². The number of nitrogens with two attached hydrogens (primary N) is 1. The van der Waals surface area contributed by atoms with E-state index in [4.69, 9.17) is 10.3 Å². The molecule has 0 fully saturated rings. The first-order valence-electron chi connectivity index (χ1n) is 7.05. The first-order chi connectivity index (χ1) is 9.63. The number of anilines is 1. The van der Waals surface area contributed by atoms with E-state index in [0.717, 1.165) is 43.0 Å². The molecule has 0 aliphatic heterocycles. The number of aryl methyl sites for hydroxylation is 1. The Balaban J connectivity index is 2.10. The van der Waals surface area contributed by atoms with E-state index < -0.39 is 0 Å². The Morgan fingerprint density at radius 1 is 1.25 bits per heavy atom. The van der Waals surface area contributed by atoms with Crippen molar-refractivity contribution < 1.29 is 4.52 Å². The molecule has 1 aromatic carbocycles. The summed E-state index contributed by atoms with van der Waals surface area (Å²) in [6.45, 7) is 9.32. The summed E-state index contributed by atoms with van der Waals surface area (Å²) < 4.78 is 5.33. The standard InChI is InChI=1S/C15H22N4O/c1-4-19(5-2)9-8-14-17-15(20-18-14)12-10-11(3)6-7-13(12)16/h6-7,10H,4-5,8-9,16H2,1-3H3. The third kappa shape index (κ3) is 3.36. The van der Waals surface area contributed by atoms with Gasteiger partial charge in [-0.25, -0.2) is 0 Å². The van der Waals surface area contributed by atoms with E-state index in [1.165, 1.54) is 0 Å². The Hall–Kier alpha value is -1.88. The summed E-state index contributed by atoms with van der Waals surface area (Å²) in [5.41, 5.74) is 8.56. The Kier molecular flexibility index (Phi) is 4.74. The van der Waals surface area contributed by atoms with Crippen molar-refractivity contribution in [1.29, 1.82) is 0 Å². The van der Waals surface area contributed by atoms with Crippen LogP contribution in [0.15, 0.2) is 22.7 Å². The molecule has 0 saturated heterocycles. The summed E-state index contributed by atoms with van der Waals surface area (Å²) in [7, 11) is 0. The van der Waals surface area contributed by atoms with Gasteiger partial charge >= 0.3 is 0 Å². The van der Waals surface area contributed by atoms with Gasteiger partial charge in [-0.3, -0.25) is 0 Å². The second-order valence-electron chi connectivity index (χ2n) is 4.88. The third-order valence-electron chi connectivity index (χ3n) is 3.45. The molecule has 0 aliphatic carbocycles. The topological polar surface area (TPSA) is 68.2 Å². The van der Waals surface area contributed by atoms with E-state index in [0.29, 0.717) is 11.6 Å². The Morgan fingerprint density at radius 2 is 2.00 bits per heavy atom. The van der Waals surface area contributed by atoms with Crippen molar-refractivity contribution in [2.45, 2.75) is 27.2 Å². The van der Waals surface area contributed by atoms with Crippen molar-refractivity contribution >= 4 is 5.69 Å². The predicted molar refractivity (Wildman–Crippen MR) is 80.4 cm³/mol. The average Bonchev–Trinajstić information content (AvgIpc) is 2.91. The zero-order chi connectivity index (χ0) is 14.5. The number of nitrogen functional groups attached to an aromatic ring is 1. The number of likely N-dealkylation sites (N-methyl/N-ethyl adjacent to an activating group) is 1. The molecule has 20 heavy (non-hydrogen) atoms. The minimum Gasteiger partial charge on any atom is -0.398 e. The summed E-state index contributed by atoms with van der Waals surface area (Å²) in [6, 6.07) is 5.80. The molecule has 0 bridgehead atoms. The largest absolute Gasteiger partial charge is 0.398 e. The molecule has 2 rings (SSSR count). The van der Waals surface area contributed by atoms with Gasteiger partial charge in [0.1, 0.15) is 0 Å². The molecule has 5 nitrogen and oxygen atoms in total. The second kappa shape index (κ2) is 6.52. The fourth-order valence-electron chi connectivity index (χ4n) is 2.12. The highest BCUT2D eigenvalue weighted by Crippen LogP contribution is 2.25. The van der Waals surface area contributed by atoms with Gasteiger partial charge < -0.3 is 15.2 Å². The fourth-order valence-corrected chi connectivity index (χ4v) is 2.12. The van der Waals surface area contributed by atoms with Crippen LogP contribution in [0.3, 0.4) is 0 Å². The van der Waals surface area contributed by atoms with Crippen LogP contribution in [0.1, 0.15) is 25.2 Å². The van der Waals surface area contributed by atoms with Crippen LogP contribution in [0, 0.1) is 6.92 Å². The maximum Gasteiger partial charge on any atom is 0.260 e. The first kappa shape index (κ1) is 14.5. The second-order valence-corrected chi connectivity index (χ2v) is 4.88. The first-order valence-corrected chi connectivity index (χ1v) is 7.05. The quantitative estimate of drug-likeness (QED) is 0.820. The Labute approximate surface area is 119 Å². The molecule has 1 aromatic heterocycles. The zero-order valence-electron chi connectivity index (χ0n) is 12.4. The van der Waals surface area contributed by atoms with Crippen LogP contribution in [0.2, 0.25) is 0 Å². The summed E-state index contributed by atoms with van der Waals surface area (Å²) in [5, 5.41) is 4.04. The minimum atomic E-state index is 0.501. The highest BCUT2D eigenvalue weighted by Gasteiger charge is 2.12. The Bertz CT molecular complexity index is 561. The van der Waals surface area contributed by atoms with Gasteiger partial charge in [0.2, 0.25) is 0 Å². The summed E-state index contributed by atoms with van der Waals surface area (Å²) in [4.78, 5) is 6.77.